The van der Waals surface area contributed by atoms with Crippen LogP contribution in [0.3, 0.4) is 0 Å². The first-order chi connectivity index (χ1) is 12.0. The number of carbonyl (C=O) groups is 1. The summed E-state index contributed by atoms with van der Waals surface area (Å²) in [5.74, 6) is 1.06. The molecule has 2 aromatic heterocycles. The average molecular weight is 339 g/mol. The standard InChI is InChI=1S/C19H25N5O/c1-13-16(14(2)23(4)22-13)12-19(25)20-10-7-11-24-15(3)21-17-8-5-6-9-18(17)24/h5-6,8-9H,7,10-12H2,1-4H3,(H,20,25). The van der Waals surface area contributed by atoms with E-state index in [1.165, 1.54) is 0 Å². The second-order valence-corrected chi connectivity index (χ2v) is 6.45. The third-order valence-corrected chi connectivity index (χ3v) is 4.72. The summed E-state index contributed by atoms with van der Waals surface area (Å²) in [5.41, 5.74) is 5.17. The quantitative estimate of drug-likeness (QED) is 0.702. The number of amides is 1. The largest absolute Gasteiger partial charge is 0.356 e. The van der Waals surface area contributed by atoms with Crippen LogP contribution < -0.4 is 5.32 Å². The number of imidazole rings is 1. The van der Waals surface area contributed by atoms with Crippen molar-refractivity contribution in [3.63, 3.8) is 0 Å². The van der Waals surface area contributed by atoms with Crippen LogP contribution >= 0.6 is 0 Å². The molecule has 0 aliphatic heterocycles. The Kier molecular flexibility index (Phi) is 4.88. The predicted molar refractivity (Wildman–Crippen MR) is 98.5 cm³/mol. The SMILES string of the molecule is Cc1nn(C)c(C)c1CC(=O)NCCCn1c(C)nc2ccccc21. The Morgan fingerprint density at radius 2 is 1.96 bits per heavy atom. The molecule has 1 amide bonds. The molecular formula is C19H25N5O. The maximum atomic E-state index is 12.2. The zero-order valence-corrected chi connectivity index (χ0v) is 15.3. The van der Waals surface area contributed by atoms with Crippen LogP contribution in [0.15, 0.2) is 24.3 Å². The molecule has 0 bridgehead atoms. The predicted octanol–water partition coefficient (Wildman–Crippen LogP) is 2.44. The van der Waals surface area contributed by atoms with Gasteiger partial charge in [0.15, 0.2) is 0 Å². The van der Waals surface area contributed by atoms with Crippen LogP contribution in [0.25, 0.3) is 11.0 Å². The lowest BCUT2D eigenvalue weighted by Crippen LogP contribution is -2.27. The Labute approximate surface area is 147 Å². The van der Waals surface area contributed by atoms with Crippen LogP contribution in [0.5, 0.6) is 0 Å². The van der Waals surface area contributed by atoms with Gasteiger partial charge in [-0.15, -0.1) is 0 Å². The Morgan fingerprint density at radius 1 is 1.20 bits per heavy atom. The van der Waals surface area contributed by atoms with Crippen LogP contribution in [-0.2, 0) is 24.8 Å². The third-order valence-electron chi connectivity index (χ3n) is 4.72. The number of carbonyl (C=O) groups excluding carboxylic acids is 1. The molecule has 0 saturated heterocycles. The Hall–Kier alpha value is -2.63. The maximum absolute atomic E-state index is 12.2. The molecule has 0 aliphatic rings. The van der Waals surface area contributed by atoms with Gasteiger partial charge in [-0.2, -0.15) is 5.10 Å². The number of fused-ring (bicyclic) bond motifs is 1. The van der Waals surface area contributed by atoms with E-state index in [9.17, 15) is 4.79 Å². The molecule has 0 saturated carbocycles. The lowest BCUT2D eigenvalue weighted by atomic mass is 10.1. The number of aryl methyl sites for hydroxylation is 4. The average Bonchev–Trinajstić information content (AvgIpc) is 3.02. The molecule has 6 nitrogen and oxygen atoms in total. The van der Waals surface area contributed by atoms with Crippen LogP contribution in [0.1, 0.15) is 29.2 Å². The van der Waals surface area contributed by atoms with Crippen molar-refractivity contribution in [2.75, 3.05) is 6.54 Å². The molecule has 3 aromatic rings. The van der Waals surface area contributed by atoms with E-state index in [-0.39, 0.29) is 5.91 Å². The zero-order chi connectivity index (χ0) is 18.0. The molecule has 1 aromatic carbocycles. The van der Waals surface area contributed by atoms with Crippen molar-refractivity contribution >= 4 is 16.9 Å². The van der Waals surface area contributed by atoms with E-state index < -0.39 is 0 Å². The molecule has 0 unspecified atom stereocenters. The van der Waals surface area contributed by atoms with Gasteiger partial charge >= 0.3 is 0 Å². The zero-order valence-electron chi connectivity index (χ0n) is 15.3. The molecule has 25 heavy (non-hydrogen) atoms. The number of nitrogens with one attached hydrogen (secondary N) is 1. The van der Waals surface area contributed by atoms with Crippen molar-refractivity contribution in [3.05, 3.63) is 47.0 Å². The van der Waals surface area contributed by atoms with Crippen LogP contribution in [0, 0.1) is 20.8 Å². The molecule has 132 valence electrons. The summed E-state index contributed by atoms with van der Waals surface area (Å²) in [6.07, 6.45) is 1.26. The van der Waals surface area contributed by atoms with E-state index in [1.54, 1.807) is 0 Å². The van der Waals surface area contributed by atoms with Crippen LogP contribution in [0.4, 0.5) is 0 Å². The number of rotatable bonds is 6. The Balaban J connectivity index is 1.53. The molecule has 0 atom stereocenters. The normalized spacial score (nSPS) is 11.2. The highest BCUT2D eigenvalue weighted by Crippen LogP contribution is 2.16. The first-order valence-corrected chi connectivity index (χ1v) is 8.65. The van der Waals surface area contributed by atoms with E-state index in [0.29, 0.717) is 13.0 Å². The van der Waals surface area contributed by atoms with E-state index in [2.05, 4.69) is 26.0 Å². The van der Waals surface area contributed by atoms with Crippen molar-refractivity contribution in [3.8, 4) is 0 Å². The van der Waals surface area contributed by atoms with Gasteiger partial charge in [0.05, 0.1) is 23.1 Å². The molecule has 0 radical (unpaired) electrons. The van der Waals surface area contributed by atoms with Crippen molar-refractivity contribution < 1.29 is 4.79 Å². The van der Waals surface area contributed by atoms with Crippen LogP contribution in [-0.4, -0.2) is 31.8 Å². The van der Waals surface area contributed by atoms with Gasteiger partial charge in [0.2, 0.25) is 5.91 Å². The van der Waals surface area contributed by atoms with Gasteiger partial charge in [0, 0.05) is 31.4 Å². The molecule has 0 fully saturated rings. The lowest BCUT2D eigenvalue weighted by molar-refractivity contribution is -0.120. The number of hydrogen-bond acceptors (Lipinski definition) is 3. The van der Waals surface area contributed by atoms with Crippen molar-refractivity contribution in [2.45, 2.75) is 40.2 Å². The minimum atomic E-state index is 0.0476. The summed E-state index contributed by atoms with van der Waals surface area (Å²) in [4.78, 5) is 16.8. The Morgan fingerprint density at radius 3 is 2.68 bits per heavy atom. The van der Waals surface area contributed by atoms with Gasteiger partial charge in [-0.3, -0.25) is 9.48 Å². The van der Waals surface area contributed by atoms with E-state index in [1.807, 2.05) is 50.7 Å². The fourth-order valence-corrected chi connectivity index (χ4v) is 3.24. The summed E-state index contributed by atoms with van der Waals surface area (Å²) in [6.45, 7) is 7.46. The summed E-state index contributed by atoms with van der Waals surface area (Å²) >= 11 is 0. The Bertz CT molecular complexity index is 906. The number of aromatic nitrogens is 4. The fraction of sp³-hybridized carbons (Fsp3) is 0.421. The first-order valence-electron chi connectivity index (χ1n) is 8.65. The van der Waals surface area contributed by atoms with Gasteiger partial charge in [0.1, 0.15) is 5.82 Å². The van der Waals surface area contributed by atoms with Gasteiger partial charge in [0.25, 0.3) is 0 Å². The van der Waals surface area contributed by atoms with Gasteiger partial charge in [-0.1, -0.05) is 12.1 Å². The molecule has 3 rings (SSSR count). The second-order valence-electron chi connectivity index (χ2n) is 6.45. The summed E-state index contributed by atoms with van der Waals surface area (Å²) in [5, 5.41) is 7.37. The smallest absolute Gasteiger partial charge is 0.224 e. The second kappa shape index (κ2) is 7.09. The first kappa shape index (κ1) is 17.2. The van der Waals surface area contributed by atoms with Gasteiger partial charge in [-0.05, 0) is 39.3 Å². The van der Waals surface area contributed by atoms with Crippen molar-refractivity contribution in [2.24, 2.45) is 7.05 Å². The number of nitrogens with zero attached hydrogens (tertiary/aromatic N) is 4. The monoisotopic (exact) mass is 339 g/mol. The highest BCUT2D eigenvalue weighted by Gasteiger charge is 2.13. The highest BCUT2D eigenvalue weighted by atomic mass is 16.1. The molecule has 2 heterocycles. The number of hydrogen-bond donors (Lipinski definition) is 1. The summed E-state index contributed by atoms with van der Waals surface area (Å²) in [7, 11) is 1.90. The molecule has 1 N–H and O–H groups in total. The highest BCUT2D eigenvalue weighted by molar-refractivity contribution is 5.79. The third kappa shape index (κ3) is 3.57. The fourth-order valence-electron chi connectivity index (χ4n) is 3.24. The van der Waals surface area contributed by atoms with Gasteiger partial charge in [-0.25, -0.2) is 4.98 Å². The van der Waals surface area contributed by atoms with E-state index in [4.69, 9.17) is 0 Å². The minimum Gasteiger partial charge on any atom is -0.356 e. The molecular weight excluding hydrogens is 314 g/mol. The lowest BCUT2D eigenvalue weighted by Gasteiger charge is -2.08. The van der Waals surface area contributed by atoms with E-state index >= 15 is 0 Å². The van der Waals surface area contributed by atoms with Gasteiger partial charge < -0.3 is 9.88 Å². The van der Waals surface area contributed by atoms with Crippen molar-refractivity contribution in [1.29, 1.82) is 0 Å². The maximum Gasteiger partial charge on any atom is 0.224 e. The molecule has 6 heteroatoms. The topological polar surface area (TPSA) is 64.7 Å². The molecule has 0 spiro atoms. The summed E-state index contributed by atoms with van der Waals surface area (Å²) < 4.78 is 4.03. The van der Waals surface area contributed by atoms with Crippen LogP contribution in [0.2, 0.25) is 0 Å². The number of benzene rings is 1. The van der Waals surface area contributed by atoms with E-state index in [0.717, 1.165) is 46.8 Å². The molecule has 0 aliphatic carbocycles. The van der Waals surface area contributed by atoms with Crippen molar-refractivity contribution in [1.82, 2.24) is 24.6 Å². The number of para-hydroxylation sites is 2. The summed E-state index contributed by atoms with van der Waals surface area (Å²) in [6, 6.07) is 8.14. The minimum absolute atomic E-state index is 0.0476.